The zero-order valence-corrected chi connectivity index (χ0v) is 13.4. The van der Waals surface area contributed by atoms with Crippen molar-refractivity contribution >= 4 is 52.0 Å². The Morgan fingerprint density at radius 2 is 2.30 bits per heavy atom. The van der Waals surface area contributed by atoms with Gasteiger partial charge in [0.05, 0.1) is 16.0 Å². The summed E-state index contributed by atoms with van der Waals surface area (Å²) in [6.45, 7) is 3.78. The molecule has 0 aliphatic rings. The standard InChI is InChI=1S/C13H14ClN3OS2/c1-7-6-19-13(16-7)20-8(2)12(18)17-9-3-4-10(14)11(15)5-9/h3-6,8H,15H2,1-2H3,(H,17,18). The molecule has 1 heterocycles. The first-order valence-corrected chi connectivity index (χ1v) is 8.04. The van der Waals surface area contributed by atoms with Gasteiger partial charge in [0.15, 0.2) is 4.34 Å². The molecule has 1 atom stereocenters. The number of hydrogen-bond acceptors (Lipinski definition) is 5. The fourth-order valence-corrected chi connectivity index (χ4v) is 3.56. The monoisotopic (exact) mass is 327 g/mol. The minimum atomic E-state index is -0.238. The third-order valence-corrected chi connectivity index (χ3v) is 5.04. The van der Waals surface area contributed by atoms with Crippen molar-refractivity contribution in [1.82, 2.24) is 4.98 Å². The number of nitrogens with two attached hydrogens (primary N) is 1. The topological polar surface area (TPSA) is 68.0 Å². The van der Waals surface area contributed by atoms with E-state index in [1.165, 1.54) is 11.8 Å². The Kier molecular flexibility index (Phi) is 4.91. The van der Waals surface area contributed by atoms with Crippen LogP contribution in [0.15, 0.2) is 27.9 Å². The molecule has 2 aromatic rings. The first-order valence-electron chi connectivity index (χ1n) is 5.90. The van der Waals surface area contributed by atoms with Crippen LogP contribution in [0.1, 0.15) is 12.6 Å². The summed E-state index contributed by atoms with van der Waals surface area (Å²) >= 11 is 8.82. The Balaban J connectivity index is 1.98. The normalized spacial score (nSPS) is 12.2. The summed E-state index contributed by atoms with van der Waals surface area (Å²) in [6.07, 6.45) is 0. The Morgan fingerprint density at radius 1 is 1.55 bits per heavy atom. The SMILES string of the molecule is Cc1csc(SC(C)C(=O)Nc2ccc(Cl)c(N)c2)n1. The predicted octanol–water partition coefficient (Wildman–Crippen LogP) is 3.81. The van der Waals surface area contributed by atoms with Crippen molar-refractivity contribution < 1.29 is 4.79 Å². The van der Waals surface area contributed by atoms with E-state index >= 15 is 0 Å². The van der Waals surface area contributed by atoms with Gasteiger partial charge >= 0.3 is 0 Å². The summed E-state index contributed by atoms with van der Waals surface area (Å²) in [5.41, 5.74) is 7.75. The summed E-state index contributed by atoms with van der Waals surface area (Å²) in [7, 11) is 0. The Morgan fingerprint density at radius 3 is 2.90 bits per heavy atom. The molecule has 7 heteroatoms. The zero-order chi connectivity index (χ0) is 14.7. The van der Waals surface area contributed by atoms with E-state index in [0.29, 0.717) is 16.4 Å². The lowest BCUT2D eigenvalue weighted by atomic mass is 10.2. The molecule has 0 bridgehead atoms. The highest BCUT2D eigenvalue weighted by Crippen LogP contribution is 2.28. The number of halogens is 1. The maximum atomic E-state index is 12.1. The van der Waals surface area contributed by atoms with E-state index in [0.717, 1.165) is 10.0 Å². The van der Waals surface area contributed by atoms with Gasteiger partial charge in [0, 0.05) is 16.8 Å². The van der Waals surface area contributed by atoms with E-state index in [9.17, 15) is 4.79 Å². The van der Waals surface area contributed by atoms with Gasteiger partial charge in [0.2, 0.25) is 5.91 Å². The Bertz CT molecular complexity index is 630. The summed E-state index contributed by atoms with van der Waals surface area (Å²) < 4.78 is 0.890. The number of nitrogen functional groups attached to an aromatic ring is 1. The molecule has 2 rings (SSSR count). The van der Waals surface area contributed by atoms with Crippen molar-refractivity contribution in [3.8, 4) is 0 Å². The highest BCUT2D eigenvalue weighted by molar-refractivity contribution is 8.02. The molecule has 1 amide bonds. The quantitative estimate of drug-likeness (QED) is 0.662. The lowest BCUT2D eigenvalue weighted by Crippen LogP contribution is -2.22. The molecule has 0 fully saturated rings. The molecule has 0 aliphatic carbocycles. The Labute approximate surface area is 130 Å². The van der Waals surface area contributed by atoms with Crippen LogP contribution in [0.25, 0.3) is 0 Å². The average Bonchev–Trinajstić information content (AvgIpc) is 2.79. The second kappa shape index (κ2) is 6.47. The highest BCUT2D eigenvalue weighted by atomic mass is 35.5. The van der Waals surface area contributed by atoms with Gasteiger partial charge in [-0.25, -0.2) is 4.98 Å². The molecule has 0 radical (unpaired) electrons. The molecule has 0 aliphatic heterocycles. The van der Waals surface area contributed by atoms with Gasteiger partial charge in [-0.05, 0) is 32.0 Å². The van der Waals surface area contributed by atoms with E-state index < -0.39 is 0 Å². The van der Waals surface area contributed by atoms with Crippen LogP contribution in [-0.4, -0.2) is 16.1 Å². The minimum Gasteiger partial charge on any atom is -0.397 e. The van der Waals surface area contributed by atoms with Crippen molar-refractivity contribution in [1.29, 1.82) is 0 Å². The Hall–Kier alpha value is -1.24. The highest BCUT2D eigenvalue weighted by Gasteiger charge is 2.16. The van der Waals surface area contributed by atoms with Crippen LogP contribution in [0.5, 0.6) is 0 Å². The molecule has 3 N–H and O–H groups in total. The van der Waals surface area contributed by atoms with Gasteiger partial charge < -0.3 is 11.1 Å². The number of aryl methyl sites for hydroxylation is 1. The van der Waals surface area contributed by atoms with Crippen LogP contribution in [0, 0.1) is 6.92 Å². The number of thiazole rings is 1. The van der Waals surface area contributed by atoms with Gasteiger partial charge in [-0.2, -0.15) is 0 Å². The maximum Gasteiger partial charge on any atom is 0.237 e. The fraction of sp³-hybridized carbons (Fsp3) is 0.231. The van der Waals surface area contributed by atoms with E-state index in [1.54, 1.807) is 29.5 Å². The lowest BCUT2D eigenvalue weighted by molar-refractivity contribution is -0.115. The third-order valence-electron chi connectivity index (χ3n) is 2.51. The molecule has 0 saturated heterocycles. The van der Waals surface area contributed by atoms with Crippen molar-refractivity contribution in [2.45, 2.75) is 23.4 Å². The zero-order valence-electron chi connectivity index (χ0n) is 11.0. The van der Waals surface area contributed by atoms with Gasteiger partial charge in [0.1, 0.15) is 0 Å². The second-order valence-corrected chi connectivity index (χ2v) is 7.09. The number of nitrogens with zero attached hydrogens (tertiary/aromatic N) is 1. The average molecular weight is 328 g/mol. The fourth-order valence-electron chi connectivity index (χ4n) is 1.46. The number of carbonyl (C=O) groups is 1. The smallest absolute Gasteiger partial charge is 0.237 e. The van der Waals surface area contributed by atoms with Crippen molar-refractivity contribution in [2.75, 3.05) is 11.1 Å². The molecule has 106 valence electrons. The molecule has 4 nitrogen and oxygen atoms in total. The molecule has 1 aromatic carbocycles. The van der Waals surface area contributed by atoms with Crippen LogP contribution >= 0.6 is 34.7 Å². The molecular weight excluding hydrogens is 314 g/mol. The number of hydrogen-bond donors (Lipinski definition) is 2. The van der Waals surface area contributed by atoms with E-state index in [2.05, 4.69) is 10.3 Å². The third kappa shape index (κ3) is 3.88. The number of amides is 1. The van der Waals surface area contributed by atoms with E-state index in [-0.39, 0.29) is 11.2 Å². The summed E-state index contributed by atoms with van der Waals surface area (Å²) in [5.74, 6) is -0.0930. The van der Waals surface area contributed by atoms with Crippen molar-refractivity contribution in [3.63, 3.8) is 0 Å². The largest absolute Gasteiger partial charge is 0.397 e. The van der Waals surface area contributed by atoms with Crippen molar-refractivity contribution in [2.24, 2.45) is 0 Å². The number of benzene rings is 1. The maximum absolute atomic E-state index is 12.1. The summed E-state index contributed by atoms with van der Waals surface area (Å²) in [4.78, 5) is 16.4. The van der Waals surface area contributed by atoms with Gasteiger partial charge in [-0.1, -0.05) is 23.4 Å². The second-order valence-electron chi connectivity index (χ2n) is 4.24. The number of nitrogens with one attached hydrogen (secondary N) is 1. The van der Waals surface area contributed by atoms with Crippen LogP contribution < -0.4 is 11.1 Å². The molecule has 1 aromatic heterocycles. The molecule has 20 heavy (non-hydrogen) atoms. The van der Waals surface area contributed by atoms with E-state index in [1.807, 2.05) is 19.2 Å². The first kappa shape index (κ1) is 15.2. The van der Waals surface area contributed by atoms with Crippen molar-refractivity contribution in [3.05, 3.63) is 34.3 Å². The van der Waals surface area contributed by atoms with Crippen LogP contribution in [0.2, 0.25) is 5.02 Å². The predicted molar refractivity (Wildman–Crippen MR) is 86.7 cm³/mol. The molecule has 1 unspecified atom stereocenters. The molecule has 0 spiro atoms. The van der Waals surface area contributed by atoms with Crippen LogP contribution in [-0.2, 0) is 4.79 Å². The first-order chi connectivity index (χ1) is 9.45. The number of carbonyl (C=O) groups excluding carboxylic acids is 1. The lowest BCUT2D eigenvalue weighted by Gasteiger charge is -2.11. The van der Waals surface area contributed by atoms with Crippen LogP contribution in [0.3, 0.4) is 0 Å². The van der Waals surface area contributed by atoms with Crippen LogP contribution in [0.4, 0.5) is 11.4 Å². The summed E-state index contributed by atoms with van der Waals surface area (Å²) in [6, 6.07) is 5.03. The number of aromatic nitrogens is 1. The number of thioether (sulfide) groups is 1. The molecular formula is C13H14ClN3OS2. The van der Waals surface area contributed by atoms with Gasteiger partial charge in [0.25, 0.3) is 0 Å². The van der Waals surface area contributed by atoms with Gasteiger partial charge in [-0.15, -0.1) is 11.3 Å². The van der Waals surface area contributed by atoms with E-state index in [4.69, 9.17) is 17.3 Å². The number of rotatable bonds is 4. The van der Waals surface area contributed by atoms with Gasteiger partial charge in [-0.3, -0.25) is 4.79 Å². The summed E-state index contributed by atoms with van der Waals surface area (Å²) in [5, 5.41) is 5.02. The molecule has 0 saturated carbocycles. The number of anilines is 2. The minimum absolute atomic E-state index is 0.0930.